The fourth-order valence-corrected chi connectivity index (χ4v) is 2.47. The Morgan fingerprint density at radius 1 is 1.57 bits per heavy atom. The maximum absolute atomic E-state index is 11.3. The van der Waals surface area contributed by atoms with Gasteiger partial charge in [-0.1, -0.05) is 0 Å². The van der Waals surface area contributed by atoms with E-state index in [1.54, 1.807) is 5.51 Å². The fourth-order valence-electron chi connectivity index (χ4n) is 0.854. The first-order chi connectivity index (χ1) is 6.64. The third kappa shape index (κ3) is 4.14. The Bertz CT molecular complexity index is 347. The number of rotatable bonds is 6. The lowest BCUT2D eigenvalue weighted by molar-refractivity contribution is 0.578. The summed E-state index contributed by atoms with van der Waals surface area (Å²) in [5.74, 6) is 0.0770. The molecule has 0 saturated heterocycles. The van der Waals surface area contributed by atoms with Crippen molar-refractivity contribution < 1.29 is 8.42 Å². The molecule has 0 amide bonds. The zero-order chi connectivity index (χ0) is 10.4. The van der Waals surface area contributed by atoms with Crippen molar-refractivity contribution in [3.8, 4) is 0 Å². The van der Waals surface area contributed by atoms with Crippen LogP contribution in [0.5, 0.6) is 0 Å². The van der Waals surface area contributed by atoms with Gasteiger partial charge in [-0.25, -0.2) is 18.1 Å². The molecule has 1 heterocycles. The van der Waals surface area contributed by atoms with Gasteiger partial charge in [-0.2, -0.15) is 0 Å². The lowest BCUT2D eigenvalue weighted by Gasteiger charge is -2.03. The van der Waals surface area contributed by atoms with E-state index in [0.717, 1.165) is 5.69 Å². The van der Waals surface area contributed by atoms with Crippen molar-refractivity contribution in [2.45, 2.75) is 13.0 Å². The topological polar surface area (TPSA) is 85.1 Å². The number of nitrogens with zero attached hydrogens (tertiary/aromatic N) is 1. The van der Waals surface area contributed by atoms with Crippen LogP contribution in [0.2, 0.25) is 0 Å². The highest BCUT2D eigenvalue weighted by atomic mass is 32.2. The minimum atomic E-state index is -3.19. The molecule has 14 heavy (non-hydrogen) atoms. The Balaban J connectivity index is 2.37. The number of hydrogen-bond donors (Lipinski definition) is 2. The number of sulfonamides is 1. The van der Waals surface area contributed by atoms with Crippen molar-refractivity contribution in [1.82, 2.24) is 9.71 Å². The number of thiazole rings is 1. The number of hydrogen-bond acceptors (Lipinski definition) is 5. The van der Waals surface area contributed by atoms with Gasteiger partial charge < -0.3 is 5.73 Å². The van der Waals surface area contributed by atoms with Crippen LogP contribution in [0.1, 0.15) is 12.1 Å². The van der Waals surface area contributed by atoms with E-state index in [2.05, 4.69) is 9.71 Å². The first kappa shape index (κ1) is 11.6. The molecule has 0 aliphatic rings. The van der Waals surface area contributed by atoms with E-state index in [1.165, 1.54) is 11.3 Å². The van der Waals surface area contributed by atoms with Crippen LogP contribution < -0.4 is 10.5 Å². The van der Waals surface area contributed by atoms with Crippen molar-refractivity contribution in [3.05, 3.63) is 16.6 Å². The van der Waals surface area contributed by atoms with Crippen molar-refractivity contribution in [2.24, 2.45) is 5.73 Å². The fraction of sp³-hybridized carbons (Fsp3) is 0.571. The molecule has 80 valence electrons. The van der Waals surface area contributed by atoms with E-state index in [4.69, 9.17) is 5.73 Å². The molecule has 1 rings (SSSR count). The molecule has 0 spiro atoms. The van der Waals surface area contributed by atoms with Crippen LogP contribution in [0, 0.1) is 0 Å². The van der Waals surface area contributed by atoms with Gasteiger partial charge in [0, 0.05) is 5.38 Å². The number of aromatic nitrogens is 1. The van der Waals surface area contributed by atoms with Crippen LogP contribution in [0.25, 0.3) is 0 Å². The molecule has 0 atom stereocenters. The first-order valence-electron chi connectivity index (χ1n) is 4.18. The summed E-state index contributed by atoms with van der Waals surface area (Å²) >= 11 is 1.44. The highest BCUT2D eigenvalue weighted by Gasteiger charge is 2.09. The van der Waals surface area contributed by atoms with Gasteiger partial charge in [0.15, 0.2) is 0 Å². The van der Waals surface area contributed by atoms with Crippen LogP contribution in [0.15, 0.2) is 10.9 Å². The average molecular weight is 235 g/mol. The Morgan fingerprint density at radius 3 is 2.93 bits per heavy atom. The molecule has 5 nitrogen and oxygen atoms in total. The van der Waals surface area contributed by atoms with Crippen molar-refractivity contribution in [1.29, 1.82) is 0 Å². The Morgan fingerprint density at radius 2 is 2.36 bits per heavy atom. The Hall–Kier alpha value is -0.500. The van der Waals surface area contributed by atoms with E-state index in [0.29, 0.717) is 13.0 Å². The summed E-state index contributed by atoms with van der Waals surface area (Å²) in [4.78, 5) is 3.97. The van der Waals surface area contributed by atoms with Crippen LogP contribution in [0.4, 0.5) is 0 Å². The minimum Gasteiger partial charge on any atom is -0.330 e. The lowest BCUT2D eigenvalue weighted by atomic mass is 10.5. The quantitative estimate of drug-likeness (QED) is 0.721. The predicted octanol–water partition coefficient (Wildman–Crippen LogP) is -0.0887. The van der Waals surface area contributed by atoms with Crippen LogP contribution in [-0.2, 0) is 16.6 Å². The zero-order valence-corrected chi connectivity index (χ0v) is 9.27. The molecule has 0 fully saturated rings. The molecule has 0 radical (unpaired) electrons. The van der Waals surface area contributed by atoms with Crippen molar-refractivity contribution in [3.63, 3.8) is 0 Å². The maximum atomic E-state index is 11.3. The van der Waals surface area contributed by atoms with Crippen LogP contribution in [-0.4, -0.2) is 25.7 Å². The van der Waals surface area contributed by atoms with Gasteiger partial charge in [-0.05, 0) is 13.0 Å². The van der Waals surface area contributed by atoms with Gasteiger partial charge >= 0.3 is 0 Å². The second kappa shape index (κ2) is 5.40. The molecule has 1 aromatic heterocycles. The van der Waals surface area contributed by atoms with Gasteiger partial charge in [0.05, 0.1) is 23.5 Å². The summed E-state index contributed by atoms with van der Waals surface area (Å²) in [5.41, 5.74) is 7.64. The summed E-state index contributed by atoms with van der Waals surface area (Å²) < 4.78 is 25.0. The first-order valence-corrected chi connectivity index (χ1v) is 6.78. The summed E-state index contributed by atoms with van der Waals surface area (Å²) in [6.07, 6.45) is 0.479. The average Bonchev–Trinajstić information content (AvgIpc) is 2.64. The van der Waals surface area contributed by atoms with Gasteiger partial charge in [0.1, 0.15) is 0 Å². The summed E-state index contributed by atoms with van der Waals surface area (Å²) in [5, 5.41) is 1.81. The Kier molecular flexibility index (Phi) is 4.46. The van der Waals surface area contributed by atoms with Crippen molar-refractivity contribution in [2.75, 3.05) is 12.3 Å². The molecule has 1 aromatic rings. The smallest absolute Gasteiger partial charge is 0.211 e. The molecule has 3 N–H and O–H groups in total. The third-order valence-corrected chi connectivity index (χ3v) is 3.62. The lowest BCUT2D eigenvalue weighted by Crippen LogP contribution is -2.27. The molecule has 0 aliphatic heterocycles. The van der Waals surface area contributed by atoms with Gasteiger partial charge in [-0.3, -0.25) is 0 Å². The van der Waals surface area contributed by atoms with Crippen LogP contribution in [0.3, 0.4) is 0 Å². The molecule has 0 unspecified atom stereocenters. The molecule has 0 bridgehead atoms. The molecule has 0 aromatic carbocycles. The number of nitrogens with two attached hydrogens (primary N) is 1. The summed E-state index contributed by atoms with van der Waals surface area (Å²) in [6, 6.07) is 0. The van der Waals surface area contributed by atoms with Crippen molar-refractivity contribution >= 4 is 21.4 Å². The van der Waals surface area contributed by atoms with Crippen LogP contribution >= 0.6 is 11.3 Å². The highest BCUT2D eigenvalue weighted by molar-refractivity contribution is 7.89. The molecular formula is C7H13N3O2S2. The monoisotopic (exact) mass is 235 g/mol. The standard InChI is InChI=1S/C7H13N3O2S2/c8-2-1-3-14(11,12)10-4-7-5-13-6-9-7/h5-6,10H,1-4,8H2. The SMILES string of the molecule is NCCCS(=O)(=O)NCc1cscn1. The third-order valence-electron chi connectivity index (χ3n) is 1.57. The minimum absolute atomic E-state index is 0.0770. The van der Waals surface area contributed by atoms with E-state index in [-0.39, 0.29) is 12.3 Å². The zero-order valence-electron chi connectivity index (χ0n) is 7.64. The van der Waals surface area contributed by atoms with E-state index in [9.17, 15) is 8.42 Å². The predicted molar refractivity (Wildman–Crippen MR) is 56.4 cm³/mol. The van der Waals surface area contributed by atoms with Gasteiger partial charge in [0.2, 0.25) is 10.0 Å². The molecular weight excluding hydrogens is 222 g/mol. The highest BCUT2D eigenvalue weighted by Crippen LogP contribution is 2.01. The molecule has 0 aliphatic carbocycles. The molecule has 0 saturated carbocycles. The molecule has 7 heteroatoms. The second-order valence-electron chi connectivity index (χ2n) is 2.76. The summed E-state index contributed by atoms with van der Waals surface area (Å²) in [7, 11) is -3.19. The largest absolute Gasteiger partial charge is 0.330 e. The number of nitrogens with one attached hydrogen (secondary N) is 1. The summed E-state index contributed by atoms with van der Waals surface area (Å²) in [6.45, 7) is 0.647. The van der Waals surface area contributed by atoms with E-state index >= 15 is 0 Å². The second-order valence-corrected chi connectivity index (χ2v) is 5.41. The normalized spacial score (nSPS) is 11.8. The Labute approximate surface area is 87.4 Å². The van der Waals surface area contributed by atoms with E-state index < -0.39 is 10.0 Å². The van der Waals surface area contributed by atoms with Gasteiger partial charge in [0.25, 0.3) is 0 Å². The maximum Gasteiger partial charge on any atom is 0.211 e. The van der Waals surface area contributed by atoms with Gasteiger partial charge in [-0.15, -0.1) is 11.3 Å². The van der Waals surface area contributed by atoms with E-state index in [1.807, 2.05) is 5.38 Å².